The van der Waals surface area contributed by atoms with Gasteiger partial charge in [0.2, 0.25) is 10.0 Å². The standard InChI is InChI=1S/C12H26N4O2S/c1-6-14-10(15-7-8-19(13,17)18)16-9-11(2,3)12(16,4)5/h6-9H2,1-5H3,(H,14,15)(H2,13,17,18). The Bertz CT molecular complexity index is 454. The molecule has 0 bridgehead atoms. The molecule has 0 spiro atoms. The molecule has 1 heterocycles. The fourth-order valence-electron chi connectivity index (χ4n) is 2.07. The molecule has 0 aromatic rings. The molecule has 1 saturated heterocycles. The molecule has 1 aliphatic rings. The Labute approximate surface area is 116 Å². The molecule has 0 radical (unpaired) electrons. The first-order valence-electron chi connectivity index (χ1n) is 6.58. The first-order chi connectivity index (χ1) is 8.51. The van der Waals surface area contributed by atoms with Gasteiger partial charge >= 0.3 is 0 Å². The van der Waals surface area contributed by atoms with Crippen molar-refractivity contribution in [2.24, 2.45) is 15.5 Å². The van der Waals surface area contributed by atoms with Gasteiger partial charge in [-0.2, -0.15) is 0 Å². The summed E-state index contributed by atoms with van der Waals surface area (Å²) < 4.78 is 21.9. The maximum atomic E-state index is 10.9. The van der Waals surface area contributed by atoms with Crippen molar-refractivity contribution >= 4 is 16.0 Å². The molecular formula is C12H26N4O2S. The van der Waals surface area contributed by atoms with E-state index in [4.69, 9.17) is 5.14 Å². The Balaban J connectivity index is 2.77. The van der Waals surface area contributed by atoms with Gasteiger partial charge < -0.3 is 10.2 Å². The zero-order valence-electron chi connectivity index (χ0n) is 12.5. The molecule has 0 aromatic heterocycles. The third-order valence-electron chi connectivity index (χ3n) is 4.11. The number of sulfonamides is 1. The van der Waals surface area contributed by atoms with Crippen LogP contribution in [-0.2, 0) is 10.0 Å². The molecule has 6 nitrogen and oxygen atoms in total. The van der Waals surface area contributed by atoms with E-state index >= 15 is 0 Å². The zero-order valence-corrected chi connectivity index (χ0v) is 13.3. The van der Waals surface area contributed by atoms with Crippen molar-refractivity contribution in [3.63, 3.8) is 0 Å². The molecule has 0 unspecified atom stereocenters. The van der Waals surface area contributed by atoms with Crippen molar-refractivity contribution in [3.05, 3.63) is 0 Å². The van der Waals surface area contributed by atoms with Crippen molar-refractivity contribution in [1.29, 1.82) is 0 Å². The Morgan fingerprint density at radius 1 is 1.37 bits per heavy atom. The van der Waals surface area contributed by atoms with E-state index in [0.717, 1.165) is 19.0 Å². The predicted octanol–water partition coefficient (Wildman–Crippen LogP) is 0.361. The van der Waals surface area contributed by atoms with Crippen LogP contribution < -0.4 is 10.5 Å². The van der Waals surface area contributed by atoms with Crippen molar-refractivity contribution in [2.75, 3.05) is 25.4 Å². The van der Waals surface area contributed by atoms with E-state index < -0.39 is 10.0 Å². The summed E-state index contributed by atoms with van der Waals surface area (Å²) in [6, 6.07) is 0. The molecule has 19 heavy (non-hydrogen) atoms. The fourth-order valence-corrected chi connectivity index (χ4v) is 2.42. The number of guanidine groups is 1. The van der Waals surface area contributed by atoms with Crippen LogP contribution in [0.3, 0.4) is 0 Å². The normalized spacial score (nSPS) is 22.0. The number of aliphatic imine (C=N–C) groups is 1. The van der Waals surface area contributed by atoms with Crippen LogP contribution in [0.4, 0.5) is 0 Å². The largest absolute Gasteiger partial charge is 0.356 e. The van der Waals surface area contributed by atoms with Crippen LogP contribution in [-0.4, -0.2) is 50.2 Å². The summed E-state index contributed by atoms with van der Waals surface area (Å²) >= 11 is 0. The van der Waals surface area contributed by atoms with Gasteiger partial charge in [0.1, 0.15) is 0 Å². The van der Waals surface area contributed by atoms with E-state index in [2.05, 4.69) is 42.9 Å². The average molecular weight is 290 g/mol. The highest BCUT2D eigenvalue weighted by molar-refractivity contribution is 7.89. The Kier molecular flexibility index (Phi) is 4.51. The maximum Gasteiger partial charge on any atom is 0.210 e. The second-order valence-corrected chi connectivity index (χ2v) is 7.87. The molecule has 3 N–H and O–H groups in total. The molecule has 0 aromatic carbocycles. The summed E-state index contributed by atoms with van der Waals surface area (Å²) in [7, 11) is -3.45. The second-order valence-electron chi connectivity index (χ2n) is 6.13. The summed E-state index contributed by atoms with van der Waals surface area (Å²) in [6.07, 6.45) is 0. The lowest BCUT2D eigenvalue weighted by molar-refractivity contribution is -0.0667. The van der Waals surface area contributed by atoms with E-state index in [1.807, 2.05) is 6.92 Å². The third-order valence-corrected chi connectivity index (χ3v) is 4.86. The van der Waals surface area contributed by atoms with Gasteiger partial charge in [0, 0.05) is 24.0 Å². The number of hydrogen-bond acceptors (Lipinski definition) is 3. The van der Waals surface area contributed by atoms with E-state index in [-0.39, 0.29) is 23.3 Å². The fraction of sp³-hybridized carbons (Fsp3) is 0.917. The van der Waals surface area contributed by atoms with E-state index in [1.165, 1.54) is 0 Å². The number of rotatable bonds is 4. The predicted molar refractivity (Wildman–Crippen MR) is 78.5 cm³/mol. The molecule has 7 heteroatoms. The lowest BCUT2D eigenvalue weighted by Crippen LogP contribution is -2.72. The van der Waals surface area contributed by atoms with Crippen molar-refractivity contribution in [1.82, 2.24) is 10.2 Å². The Hall–Kier alpha value is -0.820. The number of nitrogens with one attached hydrogen (secondary N) is 1. The molecule has 0 amide bonds. The van der Waals surface area contributed by atoms with Crippen LogP contribution in [0, 0.1) is 5.41 Å². The minimum Gasteiger partial charge on any atom is -0.356 e. The Morgan fingerprint density at radius 2 is 1.95 bits per heavy atom. The van der Waals surface area contributed by atoms with Gasteiger partial charge in [0.15, 0.2) is 5.96 Å². The highest BCUT2D eigenvalue weighted by atomic mass is 32.2. The van der Waals surface area contributed by atoms with Crippen LogP contribution in [0.25, 0.3) is 0 Å². The smallest absolute Gasteiger partial charge is 0.210 e. The summed E-state index contributed by atoms with van der Waals surface area (Å²) in [4.78, 5) is 6.53. The highest BCUT2D eigenvalue weighted by Crippen LogP contribution is 2.46. The first-order valence-corrected chi connectivity index (χ1v) is 8.29. The summed E-state index contributed by atoms with van der Waals surface area (Å²) in [5, 5.41) is 8.19. The van der Waals surface area contributed by atoms with E-state index in [0.29, 0.717) is 0 Å². The van der Waals surface area contributed by atoms with Crippen LogP contribution in [0.2, 0.25) is 0 Å². The topological polar surface area (TPSA) is 87.8 Å². The van der Waals surface area contributed by atoms with Gasteiger partial charge in [-0.15, -0.1) is 0 Å². The minimum atomic E-state index is -3.45. The van der Waals surface area contributed by atoms with Crippen LogP contribution in [0.15, 0.2) is 4.99 Å². The quantitative estimate of drug-likeness (QED) is 0.578. The number of nitrogens with two attached hydrogens (primary N) is 1. The monoisotopic (exact) mass is 290 g/mol. The van der Waals surface area contributed by atoms with Crippen molar-refractivity contribution < 1.29 is 8.42 Å². The number of likely N-dealkylation sites (tertiary alicyclic amines) is 1. The first kappa shape index (κ1) is 16.2. The SMILES string of the molecule is CCNC(=NCCS(N)(=O)=O)N1CC(C)(C)C1(C)C. The van der Waals surface area contributed by atoms with Gasteiger partial charge in [0.25, 0.3) is 0 Å². The number of primary sulfonamides is 1. The van der Waals surface area contributed by atoms with Crippen molar-refractivity contribution in [3.8, 4) is 0 Å². The highest BCUT2D eigenvalue weighted by Gasteiger charge is 2.53. The van der Waals surface area contributed by atoms with Gasteiger partial charge in [-0.25, -0.2) is 13.6 Å². The molecule has 112 valence electrons. The molecule has 1 fully saturated rings. The molecule has 0 saturated carbocycles. The van der Waals surface area contributed by atoms with Crippen LogP contribution >= 0.6 is 0 Å². The average Bonchev–Trinajstić information content (AvgIpc) is 2.23. The molecule has 0 atom stereocenters. The van der Waals surface area contributed by atoms with Gasteiger partial charge in [-0.1, -0.05) is 13.8 Å². The van der Waals surface area contributed by atoms with Crippen LogP contribution in [0.5, 0.6) is 0 Å². The van der Waals surface area contributed by atoms with Crippen LogP contribution in [0.1, 0.15) is 34.6 Å². The lowest BCUT2D eigenvalue weighted by Gasteiger charge is -2.62. The summed E-state index contributed by atoms with van der Waals surface area (Å²) in [5.74, 6) is 0.634. The second kappa shape index (κ2) is 5.28. The summed E-state index contributed by atoms with van der Waals surface area (Å²) in [6.45, 7) is 12.6. The van der Waals surface area contributed by atoms with Gasteiger partial charge in [-0.3, -0.25) is 4.99 Å². The molecule has 0 aliphatic carbocycles. The van der Waals surface area contributed by atoms with E-state index in [9.17, 15) is 8.42 Å². The number of nitrogens with zero attached hydrogens (tertiary/aromatic N) is 2. The van der Waals surface area contributed by atoms with Gasteiger partial charge in [-0.05, 0) is 20.8 Å². The number of hydrogen-bond donors (Lipinski definition) is 2. The van der Waals surface area contributed by atoms with Crippen molar-refractivity contribution in [2.45, 2.75) is 40.2 Å². The Morgan fingerprint density at radius 3 is 2.32 bits per heavy atom. The van der Waals surface area contributed by atoms with E-state index in [1.54, 1.807) is 0 Å². The molecular weight excluding hydrogens is 264 g/mol. The maximum absolute atomic E-state index is 10.9. The lowest BCUT2D eigenvalue weighted by atomic mass is 9.65. The summed E-state index contributed by atoms with van der Waals surface area (Å²) in [5.41, 5.74) is 0.207. The third kappa shape index (κ3) is 3.60. The molecule has 1 aliphatic heterocycles. The zero-order chi connectivity index (χ0) is 14.9. The minimum absolute atomic E-state index is 0.00437. The molecule has 1 rings (SSSR count). The van der Waals surface area contributed by atoms with Gasteiger partial charge in [0.05, 0.1) is 12.3 Å².